The van der Waals surface area contributed by atoms with E-state index in [4.69, 9.17) is 0 Å². The molecule has 0 unspecified atom stereocenters. The summed E-state index contributed by atoms with van der Waals surface area (Å²) in [7, 11) is 1.85. The largest absolute Gasteiger partial charge is 0.392 e. The molecule has 24 heavy (non-hydrogen) atoms. The van der Waals surface area contributed by atoms with E-state index >= 15 is 0 Å². The van der Waals surface area contributed by atoms with Crippen LogP contribution in [0.25, 0.3) is 11.3 Å². The van der Waals surface area contributed by atoms with Crippen molar-refractivity contribution >= 4 is 15.9 Å². The van der Waals surface area contributed by atoms with Gasteiger partial charge in [0.25, 0.3) is 0 Å². The van der Waals surface area contributed by atoms with Gasteiger partial charge in [0.15, 0.2) is 0 Å². The van der Waals surface area contributed by atoms with Gasteiger partial charge in [-0.1, -0.05) is 0 Å². The lowest BCUT2D eigenvalue weighted by molar-refractivity contribution is 0.281. The molecule has 0 aliphatic carbocycles. The normalized spacial score (nSPS) is 11.2. The van der Waals surface area contributed by atoms with Crippen LogP contribution < -0.4 is 0 Å². The van der Waals surface area contributed by atoms with Crippen LogP contribution in [-0.2, 0) is 26.6 Å². The molecule has 3 rings (SSSR count). The van der Waals surface area contributed by atoms with E-state index in [1.165, 1.54) is 12.1 Å². The Bertz CT molecular complexity index is 872. The van der Waals surface area contributed by atoms with E-state index in [-0.39, 0.29) is 12.4 Å². The van der Waals surface area contributed by atoms with E-state index in [1.807, 2.05) is 31.0 Å². The summed E-state index contributed by atoms with van der Waals surface area (Å²) < 4.78 is 18.0. The number of benzene rings is 1. The molecule has 0 amide bonds. The number of aliphatic hydroxyl groups excluding tert-OH is 1. The average Bonchev–Trinajstić information content (AvgIpc) is 3.10. The van der Waals surface area contributed by atoms with Crippen LogP contribution in [0.2, 0.25) is 0 Å². The third-order valence-electron chi connectivity index (χ3n) is 3.92. The zero-order valence-corrected chi connectivity index (χ0v) is 15.1. The van der Waals surface area contributed by atoms with Gasteiger partial charge < -0.3 is 5.11 Å². The summed E-state index contributed by atoms with van der Waals surface area (Å²) in [6, 6.07) is 4.40. The maximum absolute atomic E-state index is 13.4. The first-order chi connectivity index (χ1) is 11.5. The molecule has 3 aromatic rings. The number of nitrogens with zero attached hydrogens (tertiary/aromatic N) is 4. The summed E-state index contributed by atoms with van der Waals surface area (Å²) in [5, 5.41) is 18.4. The summed E-state index contributed by atoms with van der Waals surface area (Å²) in [6.45, 7) is 2.58. The third kappa shape index (κ3) is 3.14. The molecule has 2 aromatic heterocycles. The molecule has 1 N–H and O–H groups in total. The Morgan fingerprint density at radius 3 is 2.71 bits per heavy atom. The van der Waals surface area contributed by atoms with Gasteiger partial charge in [0.1, 0.15) is 10.4 Å². The van der Waals surface area contributed by atoms with Crippen LogP contribution in [-0.4, -0.2) is 24.7 Å². The average molecular weight is 393 g/mol. The molecule has 0 aliphatic heterocycles. The molecule has 0 bridgehead atoms. The minimum atomic E-state index is -0.368. The number of aliphatic hydroxyl groups is 1. The van der Waals surface area contributed by atoms with Gasteiger partial charge in [-0.3, -0.25) is 9.36 Å². The SMILES string of the molecule is CCn1ncc(Cc2cn(C)nc2-c2ccc(F)cc2CO)c1Br. The predicted molar refractivity (Wildman–Crippen MR) is 92.9 cm³/mol. The fourth-order valence-electron chi connectivity index (χ4n) is 2.77. The van der Waals surface area contributed by atoms with Crippen LogP contribution in [0.4, 0.5) is 4.39 Å². The van der Waals surface area contributed by atoms with E-state index < -0.39 is 0 Å². The third-order valence-corrected chi connectivity index (χ3v) is 4.84. The second-order valence-electron chi connectivity index (χ2n) is 5.59. The quantitative estimate of drug-likeness (QED) is 0.724. The minimum absolute atomic E-state index is 0.236. The summed E-state index contributed by atoms with van der Waals surface area (Å²) in [6.07, 6.45) is 4.42. The van der Waals surface area contributed by atoms with Crippen molar-refractivity contribution in [2.24, 2.45) is 7.05 Å². The molecule has 0 saturated heterocycles. The van der Waals surface area contributed by atoms with Gasteiger partial charge in [-0.2, -0.15) is 10.2 Å². The Morgan fingerprint density at radius 2 is 2.04 bits per heavy atom. The molecular formula is C17H18BrFN4O. The van der Waals surface area contributed by atoms with Crippen LogP contribution >= 0.6 is 15.9 Å². The number of aryl methyl sites for hydroxylation is 2. The Hall–Kier alpha value is -1.99. The van der Waals surface area contributed by atoms with Gasteiger partial charge in [-0.15, -0.1) is 0 Å². The molecule has 2 heterocycles. The van der Waals surface area contributed by atoms with Crippen molar-refractivity contribution in [3.63, 3.8) is 0 Å². The van der Waals surface area contributed by atoms with E-state index in [0.29, 0.717) is 12.0 Å². The summed E-state index contributed by atoms with van der Waals surface area (Å²) in [4.78, 5) is 0. The maximum Gasteiger partial charge on any atom is 0.123 e. The van der Waals surface area contributed by atoms with Crippen LogP contribution in [0.1, 0.15) is 23.6 Å². The highest BCUT2D eigenvalue weighted by molar-refractivity contribution is 9.10. The Morgan fingerprint density at radius 1 is 1.25 bits per heavy atom. The zero-order chi connectivity index (χ0) is 17.3. The topological polar surface area (TPSA) is 55.9 Å². The number of hydrogen-bond donors (Lipinski definition) is 1. The molecule has 1 aromatic carbocycles. The van der Waals surface area contributed by atoms with Crippen molar-refractivity contribution in [1.29, 1.82) is 0 Å². The maximum atomic E-state index is 13.4. The van der Waals surface area contributed by atoms with E-state index in [0.717, 1.165) is 33.5 Å². The second kappa shape index (κ2) is 6.86. The molecule has 0 fully saturated rings. The van der Waals surface area contributed by atoms with Gasteiger partial charge in [-0.05, 0) is 46.6 Å². The lowest BCUT2D eigenvalue weighted by Gasteiger charge is -2.07. The van der Waals surface area contributed by atoms with Crippen molar-refractivity contribution in [3.05, 3.63) is 57.7 Å². The van der Waals surface area contributed by atoms with Crippen LogP contribution in [0.5, 0.6) is 0 Å². The standard InChI is InChI=1S/C17H18BrFN4O/c1-3-23-17(18)11(8-20-23)6-12-9-22(2)21-16(12)15-5-4-14(19)7-13(15)10-24/h4-5,7-9,24H,3,6,10H2,1-2H3. The van der Waals surface area contributed by atoms with Crippen molar-refractivity contribution in [2.75, 3.05) is 0 Å². The number of aromatic nitrogens is 4. The first-order valence-electron chi connectivity index (χ1n) is 7.65. The van der Waals surface area contributed by atoms with Crippen molar-refractivity contribution in [2.45, 2.75) is 26.5 Å². The van der Waals surface area contributed by atoms with Crippen LogP contribution in [0.15, 0.2) is 35.2 Å². The summed E-state index contributed by atoms with van der Waals surface area (Å²) in [5.41, 5.74) is 4.07. The Kier molecular flexibility index (Phi) is 4.82. The second-order valence-corrected chi connectivity index (χ2v) is 6.34. The molecule has 0 saturated carbocycles. The molecule has 7 heteroatoms. The molecular weight excluding hydrogens is 375 g/mol. The molecule has 0 aliphatic rings. The van der Waals surface area contributed by atoms with E-state index in [9.17, 15) is 9.50 Å². The van der Waals surface area contributed by atoms with Crippen molar-refractivity contribution in [3.8, 4) is 11.3 Å². The smallest absolute Gasteiger partial charge is 0.123 e. The highest BCUT2D eigenvalue weighted by Gasteiger charge is 2.17. The Labute approximate surface area is 147 Å². The zero-order valence-electron chi connectivity index (χ0n) is 13.5. The predicted octanol–water partition coefficient (Wildman–Crippen LogP) is 3.29. The van der Waals surface area contributed by atoms with E-state index in [2.05, 4.69) is 26.1 Å². The van der Waals surface area contributed by atoms with E-state index in [1.54, 1.807) is 10.7 Å². The van der Waals surface area contributed by atoms with Gasteiger partial charge in [0.2, 0.25) is 0 Å². The van der Waals surface area contributed by atoms with Crippen molar-refractivity contribution < 1.29 is 9.50 Å². The fraction of sp³-hybridized carbons (Fsp3) is 0.294. The summed E-state index contributed by atoms with van der Waals surface area (Å²) >= 11 is 3.58. The first-order valence-corrected chi connectivity index (χ1v) is 8.45. The lowest BCUT2D eigenvalue weighted by Crippen LogP contribution is -1.97. The molecule has 0 radical (unpaired) electrons. The van der Waals surface area contributed by atoms with Crippen LogP contribution in [0.3, 0.4) is 0 Å². The lowest BCUT2D eigenvalue weighted by atomic mass is 9.99. The highest BCUT2D eigenvalue weighted by atomic mass is 79.9. The molecule has 5 nitrogen and oxygen atoms in total. The van der Waals surface area contributed by atoms with Crippen molar-refractivity contribution in [1.82, 2.24) is 19.6 Å². The first kappa shape index (κ1) is 16.9. The van der Waals surface area contributed by atoms with Gasteiger partial charge in [0.05, 0.1) is 18.5 Å². The fourth-order valence-corrected chi connectivity index (χ4v) is 3.36. The molecule has 126 valence electrons. The molecule has 0 atom stereocenters. The van der Waals surface area contributed by atoms with Gasteiger partial charge in [0, 0.05) is 42.9 Å². The monoisotopic (exact) mass is 392 g/mol. The number of rotatable bonds is 5. The van der Waals surface area contributed by atoms with Gasteiger partial charge >= 0.3 is 0 Å². The number of halogens is 2. The number of hydrogen-bond acceptors (Lipinski definition) is 3. The summed E-state index contributed by atoms with van der Waals surface area (Å²) in [5.74, 6) is -0.368. The van der Waals surface area contributed by atoms with Crippen LogP contribution in [0, 0.1) is 5.82 Å². The highest BCUT2D eigenvalue weighted by Crippen LogP contribution is 2.29. The van der Waals surface area contributed by atoms with Gasteiger partial charge in [-0.25, -0.2) is 4.39 Å². The Balaban J connectivity index is 2.04. The molecule has 0 spiro atoms. The minimum Gasteiger partial charge on any atom is -0.392 e.